The second-order valence-electron chi connectivity index (χ2n) is 6.51. The van der Waals surface area contributed by atoms with E-state index in [9.17, 15) is 9.18 Å². The molecule has 0 bridgehead atoms. The minimum Gasteiger partial charge on any atom is -0.494 e. The average Bonchev–Trinajstić information content (AvgIpc) is 2.68. The Labute approximate surface area is 155 Å². The first-order chi connectivity index (χ1) is 13.1. The van der Waals surface area contributed by atoms with Crippen LogP contribution in [0.2, 0.25) is 0 Å². The standard InChI is InChI=1S/C20H19FN4O2/c1-27-18-3-2-13(10-16(18)21)11-25-9-6-15-17(12-25)23-19(24-20(15)26)14-4-7-22-8-5-14/h2-5,7-8,10H,6,9,11-12H2,1H3,(H,23,24,26). The molecule has 7 heteroatoms. The fourth-order valence-electron chi connectivity index (χ4n) is 3.34. The summed E-state index contributed by atoms with van der Waals surface area (Å²) in [4.78, 5) is 26.1. The van der Waals surface area contributed by atoms with Gasteiger partial charge in [0.1, 0.15) is 5.82 Å². The van der Waals surface area contributed by atoms with Crippen LogP contribution in [-0.2, 0) is 19.5 Å². The Morgan fingerprint density at radius 1 is 1.26 bits per heavy atom. The predicted octanol–water partition coefficient (Wildman–Crippen LogP) is 2.54. The summed E-state index contributed by atoms with van der Waals surface area (Å²) >= 11 is 0. The molecular formula is C20H19FN4O2. The second-order valence-corrected chi connectivity index (χ2v) is 6.51. The predicted molar refractivity (Wildman–Crippen MR) is 98.9 cm³/mol. The minimum absolute atomic E-state index is 0.0954. The SMILES string of the molecule is COc1ccc(CN2CCc3c(nc(-c4ccncc4)[nH]c3=O)C2)cc1F. The average molecular weight is 366 g/mol. The van der Waals surface area contributed by atoms with Crippen molar-refractivity contribution in [3.8, 4) is 17.1 Å². The molecule has 27 heavy (non-hydrogen) atoms. The van der Waals surface area contributed by atoms with E-state index in [0.717, 1.165) is 28.9 Å². The van der Waals surface area contributed by atoms with Gasteiger partial charge in [-0.1, -0.05) is 6.07 Å². The van der Waals surface area contributed by atoms with Crippen molar-refractivity contribution in [2.75, 3.05) is 13.7 Å². The van der Waals surface area contributed by atoms with Crippen LogP contribution in [0.25, 0.3) is 11.4 Å². The third-order valence-electron chi connectivity index (χ3n) is 4.73. The first kappa shape index (κ1) is 17.4. The normalized spacial score (nSPS) is 14.0. The molecule has 1 aliphatic heterocycles. The smallest absolute Gasteiger partial charge is 0.254 e. The zero-order valence-corrected chi connectivity index (χ0v) is 14.9. The summed E-state index contributed by atoms with van der Waals surface area (Å²) in [7, 11) is 1.45. The first-order valence-electron chi connectivity index (χ1n) is 8.71. The Hall–Kier alpha value is -3.06. The van der Waals surface area contributed by atoms with Crippen LogP contribution in [0.15, 0.2) is 47.5 Å². The molecule has 1 N–H and O–H groups in total. The van der Waals surface area contributed by atoms with E-state index < -0.39 is 0 Å². The van der Waals surface area contributed by atoms with E-state index in [2.05, 4.69) is 19.9 Å². The van der Waals surface area contributed by atoms with Gasteiger partial charge in [-0.3, -0.25) is 14.7 Å². The van der Waals surface area contributed by atoms with Crippen molar-refractivity contribution in [1.29, 1.82) is 0 Å². The number of aromatic nitrogens is 3. The molecule has 1 aliphatic rings. The van der Waals surface area contributed by atoms with Crippen molar-refractivity contribution in [3.05, 3.63) is 75.7 Å². The lowest BCUT2D eigenvalue weighted by Gasteiger charge is -2.27. The summed E-state index contributed by atoms with van der Waals surface area (Å²) in [5.74, 6) is 0.401. The number of hydrogen-bond donors (Lipinski definition) is 1. The van der Waals surface area contributed by atoms with E-state index in [4.69, 9.17) is 4.74 Å². The summed E-state index contributed by atoms with van der Waals surface area (Å²) in [6.45, 7) is 1.85. The van der Waals surface area contributed by atoms with E-state index >= 15 is 0 Å². The van der Waals surface area contributed by atoms with Crippen LogP contribution in [-0.4, -0.2) is 33.5 Å². The van der Waals surface area contributed by atoms with Gasteiger partial charge < -0.3 is 9.72 Å². The van der Waals surface area contributed by atoms with Crippen molar-refractivity contribution in [2.24, 2.45) is 0 Å². The van der Waals surface area contributed by atoms with Gasteiger partial charge in [0.2, 0.25) is 0 Å². The molecule has 4 rings (SSSR count). The summed E-state index contributed by atoms with van der Waals surface area (Å²) in [5, 5.41) is 0. The number of nitrogens with one attached hydrogen (secondary N) is 1. The molecule has 6 nitrogen and oxygen atoms in total. The van der Waals surface area contributed by atoms with Crippen molar-refractivity contribution < 1.29 is 9.13 Å². The zero-order valence-electron chi connectivity index (χ0n) is 14.9. The molecule has 0 aliphatic carbocycles. The van der Waals surface area contributed by atoms with Gasteiger partial charge in [0, 0.05) is 43.2 Å². The topological polar surface area (TPSA) is 71.1 Å². The molecule has 1 aromatic carbocycles. The van der Waals surface area contributed by atoms with Crippen molar-refractivity contribution in [2.45, 2.75) is 19.5 Å². The molecule has 0 radical (unpaired) electrons. The Bertz CT molecular complexity index is 1020. The summed E-state index contributed by atoms with van der Waals surface area (Å²) in [6.07, 6.45) is 3.95. The Morgan fingerprint density at radius 3 is 2.81 bits per heavy atom. The number of rotatable bonds is 4. The Balaban J connectivity index is 1.58. The highest BCUT2D eigenvalue weighted by Gasteiger charge is 2.21. The van der Waals surface area contributed by atoms with Gasteiger partial charge in [-0.25, -0.2) is 9.37 Å². The van der Waals surface area contributed by atoms with Gasteiger partial charge in [0.25, 0.3) is 5.56 Å². The number of methoxy groups -OCH3 is 1. The number of hydrogen-bond acceptors (Lipinski definition) is 5. The van der Waals surface area contributed by atoms with E-state index in [0.29, 0.717) is 25.3 Å². The van der Waals surface area contributed by atoms with Crippen LogP contribution >= 0.6 is 0 Å². The molecule has 3 heterocycles. The van der Waals surface area contributed by atoms with Crippen molar-refractivity contribution in [3.63, 3.8) is 0 Å². The number of aromatic amines is 1. The molecule has 0 amide bonds. The van der Waals surface area contributed by atoms with E-state index in [1.807, 2.05) is 18.2 Å². The van der Waals surface area contributed by atoms with Gasteiger partial charge in [0.05, 0.1) is 12.8 Å². The highest BCUT2D eigenvalue weighted by Crippen LogP contribution is 2.22. The number of halogens is 1. The summed E-state index contributed by atoms with van der Waals surface area (Å²) in [6, 6.07) is 8.59. The fraction of sp³-hybridized carbons (Fsp3) is 0.250. The van der Waals surface area contributed by atoms with E-state index in [-0.39, 0.29) is 17.1 Å². The molecular weight excluding hydrogens is 347 g/mol. The van der Waals surface area contributed by atoms with Gasteiger partial charge in [-0.15, -0.1) is 0 Å². The lowest BCUT2D eigenvalue weighted by atomic mass is 10.0. The lowest BCUT2D eigenvalue weighted by molar-refractivity contribution is 0.240. The maximum Gasteiger partial charge on any atom is 0.254 e. The summed E-state index contributed by atoms with van der Waals surface area (Å²) in [5.41, 5.74) is 3.08. The minimum atomic E-state index is -0.373. The van der Waals surface area contributed by atoms with Gasteiger partial charge in [-0.05, 0) is 36.2 Å². The van der Waals surface area contributed by atoms with Crippen LogP contribution in [0.1, 0.15) is 16.8 Å². The maximum absolute atomic E-state index is 13.9. The van der Waals surface area contributed by atoms with Crippen LogP contribution in [0.4, 0.5) is 4.39 Å². The number of pyridine rings is 1. The molecule has 0 unspecified atom stereocenters. The lowest BCUT2D eigenvalue weighted by Crippen LogP contribution is -2.35. The monoisotopic (exact) mass is 366 g/mol. The quantitative estimate of drug-likeness (QED) is 0.768. The highest BCUT2D eigenvalue weighted by atomic mass is 19.1. The van der Waals surface area contributed by atoms with Gasteiger partial charge in [0.15, 0.2) is 11.6 Å². The van der Waals surface area contributed by atoms with E-state index in [1.165, 1.54) is 13.2 Å². The number of ether oxygens (including phenoxy) is 1. The first-order valence-corrected chi connectivity index (χ1v) is 8.71. The molecule has 2 aromatic heterocycles. The largest absolute Gasteiger partial charge is 0.494 e. The molecule has 0 atom stereocenters. The van der Waals surface area contributed by atoms with Crippen LogP contribution in [0, 0.1) is 5.82 Å². The van der Waals surface area contributed by atoms with Crippen LogP contribution < -0.4 is 10.3 Å². The van der Waals surface area contributed by atoms with Gasteiger partial charge >= 0.3 is 0 Å². The molecule has 0 saturated carbocycles. The zero-order chi connectivity index (χ0) is 18.8. The van der Waals surface area contributed by atoms with Crippen LogP contribution in [0.3, 0.4) is 0 Å². The number of fused-ring (bicyclic) bond motifs is 1. The van der Waals surface area contributed by atoms with E-state index in [1.54, 1.807) is 18.5 Å². The second kappa shape index (κ2) is 7.28. The van der Waals surface area contributed by atoms with Crippen molar-refractivity contribution >= 4 is 0 Å². The molecule has 3 aromatic rings. The Morgan fingerprint density at radius 2 is 2.07 bits per heavy atom. The maximum atomic E-state index is 13.9. The Kier molecular flexibility index (Phi) is 4.68. The van der Waals surface area contributed by atoms with Crippen LogP contribution in [0.5, 0.6) is 5.75 Å². The molecule has 138 valence electrons. The molecule has 0 fully saturated rings. The number of nitrogens with zero attached hydrogens (tertiary/aromatic N) is 3. The molecule has 0 saturated heterocycles. The van der Waals surface area contributed by atoms with Crippen molar-refractivity contribution in [1.82, 2.24) is 19.9 Å². The molecule has 0 spiro atoms. The number of H-pyrrole nitrogens is 1. The summed E-state index contributed by atoms with van der Waals surface area (Å²) < 4.78 is 18.9. The third-order valence-corrected chi connectivity index (χ3v) is 4.73. The fourth-order valence-corrected chi connectivity index (χ4v) is 3.34. The third kappa shape index (κ3) is 3.59. The highest BCUT2D eigenvalue weighted by molar-refractivity contribution is 5.54. The number of benzene rings is 1. The van der Waals surface area contributed by atoms with Gasteiger partial charge in [-0.2, -0.15) is 0 Å².